The molecule has 0 fully saturated rings. The van der Waals surface area contributed by atoms with E-state index in [1.54, 1.807) is 18.2 Å². The van der Waals surface area contributed by atoms with Crippen molar-refractivity contribution in [1.82, 2.24) is 0 Å². The summed E-state index contributed by atoms with van der Waals surface area (Å²) in [6.07, 6.45) is 0. The molecule has 0 atom stereocenters. The minimum absolute atomic E-state index is 0.0919. The molecule has 3 aromatic carbocycles. The summed E-state index contributed by atoms with van der Waals surface area (Å²) < 4.78 is 5.34. The van der Waals surface area contributed by atoms with Gasteiger partial charge in [0.2, 0.25) is 0 Å². The summed E-state index contributed by atoms with van der Waals surface area (Å²) in [6, 6.07) is 18.5. The highest BCUT2D eigenvalue weighted by Gasteiger charge is 2.21. The molecule has 0 radical (unpaired) electrons. The van der Waals surface area contributed by atoms with Gasteiger partial charge < -0.3 is 10.1 Å². The van der Waals surface area contributed by atoms with E-state index in [0.717, 1.165) is 16.3 Å². The number of hydrogen-bond donors (Lipinski definition) is 1. The van der Waals surface area contributed by atoms with Gasteiger partial charge in [0, 0.05) is 5.56 Å². The third-order valence-corrected chi connectivity index (χ3v) is 4.55. The largest absolute Gasteiger partial charge is 0.495 e. The zero-order valence-corrected chi connectivity index (χ0v) is 16.0. The summed E-state index contributed by atoms with van der Waals surface area (Å²) in [5.41, 5.74) is 1.82. The van der Waals surface area contributed by atoms with Crippen LogP contribution in [0.4, 0.5) is 5.69 Å². The van der Waals surface area contributed by atoms with Gasteiger partial charge in [0.15, 0.2) is 0 Å². The highest BCUT2D eigenvalue weighted by Crippen LogP contribution is 2.31. The number of carbonyl (C=O) groups is 2. The maximum Gasteiger partial charge on any atom is 0.296 e. The van der Waals surface area contributed by atoms with E-state index >= 15 is 0 Å². The number of benzene rings is 3. The Morgan fingerprint density at radius 1 is 0.926 bits per heavy atom. The number of anilines is 1. The van der Waals surface area contributed by atoms with E-state index in [0.29, 0.717) is 17.0 Å². The number of rotatable bonds is 4. The van der Waals surface area contributed by atoms with Crippen LogP contribution in [-0.4, -0.2) is 18.8 Å². The second-order valence-electron chi connectivity index (χ2n) is 7.48. The molecule has 0 saturated heterocycles. The van der Waals surface area contributed by atoms with Crippen LogP contribution in [0.25, 0.3) is 10.8 Å². The normalized spacial score (nSPS) is 11.3. The SMILES string of the molecule is COc1ccc(C(C)(C)C)cc1NC(=O)C(=O)c1cccc2ccccc12. The first-order valence-electron chi connectivity index (χ1n) is 8.83. The predicted octanol–water partition coefficient (Wildman–Crippen LogP) is 4.97. The third kappa shape index (κ3) is 3.85. The van der Waals surface area contributed by atoms with E-state index in [2.05, 4.69) is 26.1 Å². The Balaban J connectivity index is 1.94. The van der Waals surface area contributed by atoms with Crippen LogP contribution in [0.2, 0.25) is 0 Å². The lowest BCUT2D eigenvalue weighted by molar-refractivity contribution is -0.112. The summed E-state index contributed by atoms with van der Waals surface area (Å²) in [6.45, 7) is 6.25. The first kappa shape index (κ1) is 18.6. The van der Waals surface area contributed by atoms with Crippen molar-refractivity contribution in [2.24, 2.45) is 0 Å². The molecule has 0 bridgehead atoms. The Hall–Kier alpha value is -3.14. The lowest BCUT2D eigenvalue weighted by atomic mass is 9.87. The maximum absolute atomic E-state index is 12.8. The summed E-state index contributed by atoms with van der Waals surface area (Å²) in [7, 11) is 1.54. The quantitative estimate of drug-likeness (QED) is 0.527. The Kier molecular flexibility index (Phi) is 5.00. The second kappa shape index (κ2) is 7.23. The standard InChI is InChI=1S/C23H23NO3/c1-23(2,3)16-12-13-20(27-4)19(14-16)24-22(26)21(25)18-11-7-9-15-8-5-6-10-17(15)18/h5-14H,1-4H3,(H,24,26). The number of nitrogens with one attached hydrogen (secondary N) is 1. The number of fused-ring (bicyclic) bond motifs is 1. The van der Waals surface area contributed by atoms with Crippen LogP contribution < -0.4 is 10.1 Å². The fourth-order valence-corrected chi connectivity index (χ4v) is 3.00. The molecule has 0 spiro atoms. The van der Waals surface area contributed by atoms with Crippen molar-refractivity contribution in [2.75, 3.05) is 12.4 Å². The molecular weight excluding hydrogens is 338 g/mol. The van der Waals surface area contributed by atoms with Gasteiger partial charge in [0.05, 0.1) is 12.8 Å². The first-order chi connectivity index (χ1) is 12.8. The van der Waals surface area contributed by atoms with E-state index in [1.807, 2.05) is 42.5 Å². The molecule has 138 valence electrons. The van der Waals surface area contributed by atoms with Gasteiger partial charge >= 0.3 is 0 Å². The molecule has 0 unspecified atom stereocenters. The molecule has 4 heteroatoms. The Labute approximate surface area is 159 Å². The maximum atomic E-state index is 12.8. The second-order valence-corrected chi connectivity index (χ2v) is 7.48. The van der Waals surface area contributed by atoms with E-state index in [-0.39, 0.29) is 5.41 Å². The molecule has 0 aliphatic heterocycles. The summed E-state index contributed by atoms with van der Waals surface area (Å²) in [5.74, 6) is -0.743. The Morgan fingerprint density at radius 3 is 2.33 bits per heavy atom. The van der Waals surface area contributed by atoms with E-state index in [9.17, 15) is 9.59 Å². The number of methoxy groups -OCH3 is 1. The van der Waals surface area contributed by atoms with Gasteiger partial charge in [-0.2, -0.15) is 0 Å². The number of ketones is 1. The molecule has 0 heterocycles. The molecule has 3 aromatic rings. The highest BCUT2D eigenvalue weighted by molar-refractivity contribution is 6.48. The van der Waals surface area contributed by atoms with Crippen LogP contribution in [-0.2, 0) is 10.2 Å². The van der Waals surface area contributed by atoms with E-state index in [4.69, 9.17) is 4.74 Å². The van der Waals surface area contributed by atoms with Crippen molar-refractivity contribution < 1.29 is 14.3 Å². The number of hydrogen-bond acceptors (Lipinski definition) is 3. The molecule has 4 nitrogen and oxygen atoms in total. The topological polar surface area (TPSA) is 55.4 Å². The third-order valence-electron chi connectivity index (χ3n) is 4.55. The molecule has 27 heavy (non-hydrogen) atoms. The fourth-order valence-electron chi connectivity index (χ4n) is 3.00. The first-order valence-corrected chi connectivity index (χ1v) is 8.83. The highest BCUT2D eigenvalue weighted by atomic mass is 16.5. The van der Waals surface area contributed by atoms with Gasteiger partial charge in [-0.15, -0.1) is 0 Å². The van der Waals surface area contributed by atoms with Crippen LogP contribution in [0, 0.1) is 0 Å². The van der Waals surface area contributed by atoms with Gasteiger partial charge in [-0.25, -0.2) is 0 Å². The zero-order chi connectivity index (χ0) is 19.6. The summed E-state index contributed by atoms with van der Waals surface area (Å²) in [5, 5.41) is 4.40. The van der Waals surface area contributed by atoms with Crippen molar-refractivity contribution in [2.45, 2.75) is 26.2 Å². The van der Waals surface area contributed by atoms with Crippen LogP contribution in [0.3, 0.4) is 0 Å². The molecule has 3 rings (SSSR count). The van der Waals surface area contributed by atoms with Gasteiger partial charge in [-0.1, -0.05) is 69.3 Å². The Bertz CT molecular complexity index is 1010. The minimum atomic E-state index is -0.685. The summed E-state index contributed by atoms with van der Waals surface area (Å²) >= 11 is 0. The number of ether oxygens (including phenoxy) is 1. The molecule has 1 N–H and O–H groups in total. The minimum Gasteiger partial charge on any atom is -0.495 e. The molecule has 0 aliphatic carbocycles. The molecule has 0 aromatic heterocycles. The number of Topliss-reactive ketones (excluding diaryl/α,β-unsaturated/α-hetero) is 1. The van der Waals surface area contributed by atoms with Gasteiger partial charge in [0.1, 0.15) is 5.75 Å². The predicted molar refractivity (Wildman–Crippen MR) is 109 cm³/mol. The number of amides is 1. The van der Waals surface area contributed by atoms with Crippen molar-refractivity contribution in [1.29, 1.82) is 0 Å². The van der Waals surface area contributed by atoms with Crippen LogP contribution in [0.15, 0.2) is 60.7 Å². The Morgan fingerprint density at radius 2 is 1.63 bits per heavy atom. The van der Waals surface area contributed by atoms with E-state index < -0.39 is 11.7 Å². The van der Waals surface area contributed by atoms with Crippen molar-refractivity contribution in [3.05, 3.63) is 71.8 Å². The van der Waals surface area contributed by atoms with Crippen LogP contribution in [0.1, 0.15) is 36.7 Å². The number of carbonyl (C=O) groups excluding carboxylic acids is 2. The smallest absolute Gasteiger partial charge is 0.296 e. The van der Waals surface area contributed by atoms with Gasteiger partial charge in [-0.05, 0) is 33.9 Å². The zero-order valence-electron chi connectivity index (χ0n) is 16.0. The lowest BCUT2D eigenvalue weighted by Gasteiger charge is -2.21. The molecule has 0 saturated carbocycles. The lowest BCUT2D eigenvalue weighted by Crippen LogP contribution is -2.24. The van der Waals surface area contributed by atoms with Crippen LogP contribution >= 0.6 is 0 Å². The summed E-state index contributed by atoms with van der Waals surface area (Å²) in [4.78, 5) is 25.5. The average molecular weight is 361 g/mol. The average Bonchev–Trinajstić information content (AvgIpc) is 2.66. The van der Waals surface area contributed by atoms with Crippen molar-refractivity contribution in [3.8, 4) is 5.75 Å². The van der Waals surface area contributed by atoms with Crippen molar-refractivity contribution >= 4 is 28.2 Å². The van der Waals surface area contributed by atoms with Gasteiger partial charge in [-0.3, -0.25) is 9.59 Å². The molecular formula is C23H23NO3. The van der Waals surface area contributed by atoms with Gasteiger partial charge in [0.25, 0.3) is 11.7 Å². The molecule has 1 amide bonds. The van der Waals surface area contributed by atoms with Crippen LogP contribution in [0.5, 0.6) is 5.75 Å². The fraction of sp³-hybridized carbons (Fsp3) is 0.217. The molecule has 0 aliphatic rings. The van der Waals surface area contributed by atoms with Crippen molar-refractivity contribution in [3.63, 3.8) is 0 Å². The van der Waals surface area contributed by atoms with E-state index in [1.165, 1.54) is 7.11 Å². The monoisotopic (exact) mass is 361 g/mol.